The Hall–Kier alpha value is -0.971. The molecule has 61 valence electrons. The molecule has 3 heteroatoms. The molecular formula is C9H8NOSe. The standard InChI is InChI=1S/C9H8NOSe/c10-7-11-12-5-8-3-1-2-4-9(8)6-12/h1-4H,5-6H2. The summed E-state index contributed by atoms with van der Waals surface area (Å²) in [6, 6.07) is 8.33. The van der Waals surface area contributed by atoms with E-state index in [9.17, 15) is 0 Å². The molecule has 1 aromatic carbocycles. The van der Waals surface area contributed by atoms with Gasteiger partial charge in [-0.1, -0.05) is 0 Å². The maximum atomic E-state index is 8.36. The van der Waals surface area contributed by atoms with E-state index in [1.807, 2.05) is 12.1 Å². The molecule has 0 aliphatic carbocycles. The van der Waals surface area contributed by atoms with Crippen LogP contribution in [-0.4, -0.2) is 14.2 Å². The van der Waals surface area contributed by atoms with E-state index in [1.165, 1.54) is 11.1 Å². The van der Waals surface area contributed by atoms with Crippen LogP contribution in [0, 0.1) is 11.5 Å². The van der Waals surface area contributed by atoms with Crippen molar-refractivity contribution in [1.82, 2.24) is 0 Å². The van der Waals surface area contributed by atoms with Gasteiger partial charge < -0.3 is 0 Å². The van der Waals surface area contributed by atoms with Crippen LogP contribution >= 0.6 is 0 Å². The fourth-order valence-electron chi connectivity index (χ4n) is 1.35. The van der Waals surface area contributed by atoms with E-state index in [2.05, 4.69) is 12.1 Å². The molecule has 0 bridgehead atoms. The van der Waals surface area contributed by atoms with Crippen LogP contribution in [0.2, 0.25) is 0 Å². The Morgan fingerprint density at radius 2 is 1.83 bits per heavy atom. The molecule has 0 unspecified atom stereocenters. The molecule has 1 heterocycles. The number of benzene rings is 1. The van der Waals surface area contributed by atoms with Crippen molar-refractivity contribution >= 4 is 14.2 Å². The third-order valence-corrected chi connectivity index (χ3v) is 5.21. The Bertz CT molecular complexity index is 307. The molecule has 0 N–H and O–H groups in total. The summed E-state index contributed by atoms with van der Waals surface area (Å²) in [7, 11) is 0. The van der Waals surface area contributed by atoms with Gasteiger partial charge in [-0.2, -0.15) is 0 Å². The van der Waals surface area contributed by atoms with Crippen LogP contribution in [-0.2, 0) is 14.5 Å². The van der Waals surface area contributed by atoms with Crippen molar-refractivity contribution in [3.8, 4) is 6.26 Å². The van der Waals surface area contributed by atoms with Gasteiger partial charge in [0.15, 0.2) is 0 Å². The Balaban J connectivity index is 2.18. The van der Waals surface area contributed by atoms with Gasteiger partial charge in [0.2, 0.25) is 0 Å². The first-order valence-electron chi connectivity index (χ1n) is 3.71. The number of hydrogen-bond donors (Lipinski definition) is 0. The van der Waals surface area contributed by atoms with Crippen LogP contribution < -0.4 is 0 Å². The Morgan fingerprint density at radius 1 is 1.25 bits per heavy atom. The molecule has 0 spiro atoms. The van der Waals surface area contributed by atoms with Crippen molar-refractivity contribution in [2.24, 2.45) is 0 Å². The fourth-order valence-corrected chi connectivity index (χ4v) is 4.67. The van der Waals surface area contributed by atoms with Crippen molar-refractivity contribution in [3.05, 3.63) is 35.4 Å². The summed E-state index contributed by atoms with van der Waals surface area (Å²) >= 11 is -1.10. The van der Waals surface area contributed by atoms with Gasteiger partial charge in [-0.15, -0.1) is 0 Å². The summed E-state index contributed by atoms with van der Waals surface area (Å²) in [6.45, 7) is 0. The Morgan fingerprint density at radius 3 is 2.33 bits per heavy atom. The molecule has 1 aliphatic rings. The topological polar surface area (TPSA) is 33.0 Å². The predicted molar refractivity (Wildman–Crippen MR) is 46.3 cm³/mol. The SMILES string of the molecule is N#CO[Se]1Cc2ccccc2C1. The maximum absolute atomic E-state index is 8.36. The predicted octanol–water partition coefficient (Wildman–Crippen LogP) is 1.35. The zero-order chi connectivity index (χ0) is 8.39. The summed E-state index contributed by atoms with van der Waals surface area (Å²) in [6.07, 6.45) is 1.80. The molecule has 1 radical (unpaired) electrons. The Labute approximate surface area is 76.0 Å². The molecule has 0 amide bonds. The van der Waals surface area contributed by atoms with Crippen LogP contribution in [0.1, 0.15) is 11.1 Å². The van der Waals surface area contributed by atoms with E-state index in [4.69, 9.17) is 9.08 Å². The molecule has 0 saturated heterocycles. The first-order chi connectivity index (χ1) is 5.90. The zero-order valence-corrected chi connectivity index (χ0v) is 8.20. The molecule has 1 aliphatic heterocycles. The van der Waals surface area contributed by atoms with E-state index >= 15 is 0 Å². The van der Waals surface area contributed by atoms with Gasteiger partial charge in [0.05, 0.1) is 0 Å². The van der Waals surface area contributed by atoms with Gasteiger partial charge in [0, 0.05) is 0 Å². The normalized spacial score (nSPS) is 15.2. The van der Waals surface area contributed by atoms with Crippen molar-refractivity contribution in [1.29, 1.82) is 5.26 Å². The van der Waals surface area contributed by atoms with Crippen LogP contribution in [0.25, 0.3) is 0 Å². The molecule has 0 atom stereocenters. The van der Waals surface area contributed by atoms with E-state index in [-0.39, 0.29) is 0 Å². The number of hydrogen-bond acceptors (Lipinski definition) is 2. The van der Waals surface area contributed by atoms with E-state index < -0.39 is 14.2 Å². The number of fused-ring (bicyclic) bond motifs is 1. The van der Waals surface area contributed by atoms with Crippen molar-refractivity contribution in [3.63, 3.8) is 0 Å². The summed E-state index contributed by atoms with van der Waals surface area (Å²) in [5, 5.41) is 10.4. The van der Waals surface area contributed by atoms with Crippen molar-refractivity contribution < 1.29 is 3.82 Å². The summed E-state index contributed by atoms with van der Waals surface area (Å²) < 4.78 is 5.02. The molecule has 0 aromatic heterocycles. The van der Waals surface area contributed by atoms with Crippen molar-refractivity contribution in [2.75, 3.05) is 0 Å². The first kappa shape index (κ1) is 7.67. The van der Waals surface area contributed by atoms with Gasteiger partial charge in [-0.25, -0.2) is 0 Å². The molecule has 2 rings (SSSR count). The number of nitrogens with zero attached hydrogens (tertiary/aromatic N) is 1. The van der Waals surface area contributed by atoms with E-state index in [0.717, 1.165) is 10.6 Å². The van der Waals surface area contributed by atoms with Crippen molar-refractivity contribution in [2.45, 2.75) is 10.6 Å². The van der Waals surface area contributed by atoms with Gasteiger partial charge >= 0.3 is 75.6 Å². The van der Waals surface area contributed by atoms with Gasteiger partial charge in [-0.3, -0.25) is 0 Å². The molecular weight excluding hydrogens is 217 g/mol. The molecule has 1 aromatic rings. The average Bonchev–Trinajstić information content (AvgIpc) is 2.47. The minimum absolute atomic E-state index is 1.00. The molecule has 0 fully saturated rings. The van der Waals surface area contributed by atoms with Crippen LogP contribution in [0.5, 0.6) is 0 Å². The third-order valence-electron chi connectivity index (χ3n) is 1.91. The monoisotopic (exact) mass is 226 g/mol. The summed E-state index contributed by atoms with van der Waals surface area (Å²) in [5.74, 6) is 0. The van der Waals surface area contributed by atoms with Gasteiger partial charge in [0.1, 0.15) is 0 Å². The van der Waals surface area contributed by atoms with Crippen LogP contribution in [0.15, 0.2) is 24.3 Å². The van der Waals surface area contributed by atoms with E-state index in [0.29, 0.717) is 0 Å². The average molecular weight is 225 g/mol. The third kappa shape index (κ3) is 1.32. The molecule has 2 nitrogen and oxygen atoms in total. The second kappa shape index (κ2) is 3.18. The first-order valence-corrected chi connectivity index (χ1v) is 6.83. The van der Waals surface area contributed by atoms with Gasteiger partial charge in [0.25, 0.3) is 0 Å². The summed E-state index contributed by atoms with van der Waals surface area (Å²) in [5.41, 5.74) is 2.75. The van der Waals surface area contributed by atoms with Gasteiger partial charge in [-0.05, 0) is 0 Å². The minimum atomic E-state index is -1.10. The zero-order valence-electron chi connectivity index (χ0n) is 6.49. The molecule has 0 saturated carbocycles. The second-order valence-corrected chi connectivity index (χ2v) is 6.08. The number of nitriles is 1. The quantitative estimate of drug-likeness (QED) is 0.534. The van der Waals surface area contributed by atoms with Crippen LogP contribution in [0.4, 0.5) is 0 Å². The Kier molecular flexibility index (Phi) is 2.03. The second-order valence-electron chi connectivity index (χ2n) is 2.67. The van der Waals surface area contributed by atoms with Crippen LogP contribution in [0.3, 0.4) is 0 Å². The fraction of sp³-hybridized carbons (Fsp3) is 0.222. The molecule has 12 heavy (non-hydrogen) atoms. The number of rotatable bonds is 1. The summed E-state index contributed by atoms with van der Waals surface area (Å²) in [4.78, 5) is 0. The van der Waals surface area contributed by atoms with E-state index in [1.54, 1.807) is 6.26 Å².